The molecular weight excluding hydrogens is 1470 g/mol. The lowest BCUT2D eigenvalue weighted by Crippen LogP contribution is -2.68. The second kappa shape index (κ2) is 31.0. The van der Waals surface area contributed by atoms with Gasteiger partial charge in [-0.3, -0.25) is 4.79 Å². The molecule has 7 saturated heterocycles. The average Bonchev–Trinajstić information content (AvgIpc) is 1.57. The lowest BCUT2D eigenvalue weighted by Gasteiger charge is -2.71. The molecule has 113 heavy (non-hydrogen) atoms. The number of aliphatic hydroxyl groups excluding tert-OH is 15. The summed E-state index contributed by atoms with van der Waals surface area (Å²) in [5.41, 5.74) is 0.183. The van der Waals surface area contributed by atoms with E-state index in [0.29, 0.717) is 66.3 Å². The number of rotatable bonds is 11. The van der Waals surface area contributed by atoms with Crippen molar-refractivity contribution < 1.29 is 138 Å². The third-order valence-electron chi connectivity index (χ3n) is 33.9. The van der Waals surface area contributed by atoms with Crippen molar-refractivity contribution in [3.05, 3.63) is 23.3 Å². The van der Waals surface area contributed by atoms with Crippen LogP contribution in [0.3, 0.4) is 0 Å². The molecule has 0 bridgehead atoms. The smallest absolute Gasteiger partial charge is 0.317 e. The summed E-state index contributed by atoms with van der Waals surface area (Å²) in [5, 5.41) is 163. The molecule has 1 spiro atoms. The minimum Gasteiger partial charge on any atom is -0.432 e. The fourth-order valence-corrected chi connectivity index (χ4v) is 27.0. The van der Waals surface area contributed by atoms with Gasteiger partial charge in [-0.05, 0) is 208 Å². The first-order chi connectivity index (χ1) is 53.0. The van der Waals surface area contributed by atoms with Crippen molar-refractivity contribution in [2.45, 2.75) is 377 Å². The van der Waals surface area contributed by atoms with Crippen molar-refractivity contribution in [1.82, 2.24) is 0 Å². The van der Waals surface area contributed by atoms with Gasteiger partial charge in [0.05, 0.1) is 63.1 Å². The fraction of sp³-hybridized carbons (Fsp3) is 0.941. The Bertz CT molecular complexity index is 3440. The normalized spacial score (nSPS) is 56.4. The van der Waals surface area contributed by atoms with Crippen molar-refractivity contribution in [1.29, 1.82) is 0 Å². The summed E-state index contributed by atoms with van der Waals surface area (Å²) < 4.78 is 72.9. The Labute approximate surface area is 664 Å². The number of carbonyl (C=O) groups excluding carboxylic acids is 1. The standard InChI is InChI=1S/C58H94O25.C27H42O3/c1-23-44(80-47-40(69)34(63)27(60)21-74-47)38(67)42(71)48(76-23)79-33-13-14-55(7)30(54(33,5)6)12-15-56(8)31(55)11-10-25-26-18-53(3,4)16-17-58(26,32(62)19-57(25,56)9)52(73)83-51-46(35(64)28(61)22-75-51)82-49-43(72)39(68)45(24(2)77-49)81-50-41(70)37(66)36(65)29(20-59)78-50;1-16-7-12-27(29-15-16)17(2)24-23(30-27)14-22-20-6-5-18-13-19(28)8-10-25(18,3)21(20)9-11-26(22,24)4/h10,23-24,26-51,59-72H,11-22H2,1-9H3;9,16-20,22-24,28H,5-8,10-15H2,1-4H3. The van der Waals surface area contributed by atoms with Crippen molar-refractivity contribution in [2.75, 3.05) is 26.4 Å². The van der Waals surface area contributed by atoms with E-state index in [9.17, 15) is 76.6 Å². The predicted octanol–water partition coefficient (Wildman–Crippen LogP) is 3.81. The van der Waals surface area contributed by atoms with E-state index >= 15 is 4.79 Å². The van der Waals surface area contributed by atoms with Gasteiger partial charge in [-0.15, -0.1) is 0 Å². The largest absolute Gasteiger partial charge is 0.432 e. The molecule has 28 nitrogen and oxygen atoms in total. The highest BCUT2D eigenvalue weighted by atomic mass is 16.8. The molecule has 28 heteroatoms. The number of ether oxygens (including phenoxy) is 12. The summed E-state index contributed by atoms with van der Waals surface area (Å²) in [4.78, 5) is 15.4. The molecule has 7 aliphatic heterocycles. The summed E-state index contributed by atoms with van der Waals surface area (Å²) in [5.74, 6) is 2.68. The zero-order valence-electron chi connectivity index (χ0n) is 68.5. The summed E-state index contributed by atoms with van der Waals surface area (Å²) in [6.07, 6.45) is -15.6. The molecule has 0 aromatic rings. The number of esters is 1. The third-order valence-corrected chi connectivity index (χ3v) is 33.9. The van der Waals surface area contributed by atoms with Gasteiger partial charge in [0.1, 0.15) is 97.0 Å². The van der Waals surface area contributed by atoms with Crippen LogP contribution in [0, 0.1) is 96.6 Å². The molecule has 16 rings (SSSR count). The first-order valence-corrected chi connectivity index (χ1v) is 42.9. The number of carbonyl (C=O) groups is 1. The molecule has 644 valence electrons. The minimum atomic E-state index is -1.93. The van der Waals surface area contributed by atoms with Crippen LogP contribution in [0.5, 0.6) is 0 Å². The van der Waals surface area contributed by atoms with Crippen LogP contribution in [0.4, 0.5) is 0 Å². The molecule has 15 N–H and O–H groups in total. The Morgan fingerprint density at radius 1 is 0.531 bits per heavy atom. The number of hydrogen-bond acceptors (Lipinski definition) is 28. The third kappa shape index (κ3) is 13.9. The maximum absolute atomic E-state index is 15.4. The van der Waals surface area contributed by atoms with Crippen LogP contribution in [-0.2, 0) is 61.6 Å². The Morgan fingerprint density at radius 2 is 1.15 bits per heavy atom. The first-order valence-electron chi connectivity index (χ1n) is 42.9. The molecule has 43 unspecified atom stereocenters. The van der Waals surface area contributed by atoms with Crippen molar-refractivity contribution in [3.63, 3.8) is 0 Å². The highest BCUT2D eigenvalue weighted by Crippen LogP contribution is 2.77. The number of aliphatic hydroxyl groups is 15. The van der Waals surface area contributed by atoms with E-state index in [0.717, 1.165) is 62.5 Å². The van der Waals surface area contributed by atoms with Gasteiger partial charge in [0.2, 0.25) is 6.29 Å². The van der Waals surface area contributed by atoms with Gasteiger partial charge in [0, 0.05) is 12.3 Å². The SMILES string of the molecule is CC1CCC2(OC1)OC1CC3C4CCC5CC(O)CCC5(C)C4=CCC3(C)C1C2C.CC1OC(OC2CCC3(C)C(CCC4(C)C3CC=C3C5CC(C)(C)CCC5(C(=O)OC5OCC(O)C(O)C5OC5OC(C)C(OC6OC(CO)C(O)C(O)C6O)C(O)C5O)C(O)CC34C)C2(C)C)C(O)C(O)C1OC1OCC(O)C(O)C1O. The summed E-state index contributed by atoms with van der Waals surface area (Å²) in [7, 11) is 0. The topological polar surface area (TPSA) is 431 Å². The summed E-state index contributed by atoms with van der Waals surface area (Å²) >= 11 is 0. The van der Waals surface area contributed by atoms with Crippen LogP contribution < -0.4 is 0 Å². The van der Waals surface area contributed by atoms with Crippen LogP contribution in [-0.4, -0.2) is 281 Å². The number of hydrogen-bond donors (Lipinski definition) is 15. The Morgan fingerprint density at radius 3 is 1.81 bits per heavy atom. The van der Waals surface area contributed by atoms with E-state index in [1.807, 2.05) is 0 Å². The van der Waals surface area contributed by atoms with E-state index in [4.69, 9.17) is 56.8 Å². The van der Waals surface area contributed by atoms with Gasteiger partial charge < -0.3 is 133 Å². The molecule has 0 amide bonds. The van der Waals surface area contributed by atoms with Gasteiger partial charge in [-0.2, -0.15) is 0 Å². The zero-order valence-corrected chi connectivity index (χ0v) is 68.5. The molecule has 9 aliphatic carbocycles. The Balaban J connectivity index is 0.000000277. The monoisotopic (exact) mass is 1600 g/mol. The first kappa shape index (κ1) is 85.9. The number of allylic oxidation sites excluding steroid dienone is 4. The van der Waals surface area contributed by atoms with Crippen LogP contribution in [0.25, 0.3) is 0 Å². The highest BCUT2D eigenvalue weighted by molar-refractivity contribution is 5.80. The second-order valence-corrected chi connectivity index (χ2v) is 40.9. The molecule has 0 aromatic heterocycles. The lowest BCUT2D eigenvalue weighted by atomic mass is 9.33. The fourth-order valence-electron chi connectivity index (χ4n) is 27.0. The van der Waals surface area contributed by atoms with Gasteiger partial charge in [-0.1, -0.05) is 99.5 Å². The molecular formula is C85H136O28. The van der Waals surface area contributed by atoms with Gasteiger partial charge in [-0.25, -0.2) is 0 Å². The molecule has 7 saturated carbocycles. The molecule has 7 heterocycles. The van der Waals surface area contributed by atoms with Crippen molar-refractivity contribution >= 4 is 5.97 Å². The number of fused-ring (bicyclic) bond motifs is 14. The maximum Gasteiger partial charge on any atom is 0.317 e. The average molecular weight is 1610 g/mol. The van der Waals surface area contributed by atoms with Gasteiger partial charge >= 0.3 is 5.97 Å². The molecule has 0 aromatic carbocycles. The summed E-state index contributed by atoms with van der Waals surface area (Å²) in [6, 6.07) is 0. The lowest BCUT2D eigenvalue weighted by molar-refractivity contribution is -0.374. The van der Waals surface area contributed by atoms with Gasteiger partial charge in [0.25, 0.3) is 0 Å². The molecule has 43 atom stereocenters. The molecule has 0 radical (unpaired) electrons. The van der Waals surface area contributed by atoms with Crippen LogP contribution in [0.2, 0.25) is 0 Å². The maximum atomic E-state index is 15.4. The molecule has 14 fully saturated rings. The van der Waals surface area contributed by atoms with E-state index in [1.165, 1.54) is 45.4 Å². The second-order valence-electron chi connectivity index (χ2n) is 40.9. The summed E-state index contributed by atoms with van der Waals surface area (Å²) in [6.45, 7) is 27.9. The quantitative estimate of drug-likeness (QED) is 0.0794. The van der Waals surface area contributed by atoms with E-state index in [1.54, 1.807) is 12.5 Å². The van der Waals surface area contributed by atoms with Crippen LogP contribution in [0.1, 0.15) is 206 Å². The highest BCUT2D eigenvalue weighted by Gasteiger charge is 2.74. The van der Waals surface area contributed by atoms with Crippen LogP contribution >= 0.6 is 0 Å². The van der Waals surface area contributed by atoms with Gasteiger partial charge in [0.15, 0.2) is 37.1 Å². The van der Waals surface area contributed by atoms with E-state index in [-0.39, 0.29) is 59.4 Å². The zero-order chi connectivity index (χ0) is 81.5. The van der Waals surface area contributed by atoms with Crippen LogP contribution in [0.15, 0.2) is 23.3 Å². The predicted molar refractivity (Wildman–Crippen MR) is 400 cm³/mol. The minimum absolute atomic E-state index is 0.0661. The van der Waals surface area contributed by atoms with E-state index < -0.39 is 195 Å². The Kier molecular flexibility index (Phi) is 23.6. The van der Waals surface area contributed by atoms with E-state index in [2.05, 4.69) is 88.3 Å². The van der Waals surface area contributed by atoms with Crippen molar-refractivity contribution in [3.8, 4) is 0 Å². The molecule has 16 aliphatic rings. The Hall–Kier alpha value is -2.09. The van der Waals surface area contributed by atoms with Crippen molar-refractivity contribution in [2.24, 2.45) is 96.6 Å².